The van der Waals surface area contributed by atoms with Crippen molar-refractivity contribution in [2.24, 2.45) is 0 Å². The molecular weight excluding hydrogens is 272 g/mol. The van der Waals surface area contributed by atoms with Crippen LogP contribution < -0.4 is 10.6 Å². The van der Waals surface area contributed by atoms with Crippen LogP contribution in [0.15, 0.2) is 24.3 Å². The summed E-state index contributed by atoms with van der Waals surface area (Å²) in [6.07, 6.45) is 0. The van der Waals surface area contributed by atoms with Gasteiger partial charge in [0, 0.05) is 19.2 Å². The van der Waals surface area contributed by atoms with Crippen LogP contribution in [-0.2, 0) is 19.9 Å². The van der Waals surface area contributed by atoms with Crippen molar-refractivity contribution in [3.8, 4) is 0 Å². The van der Waals surface area contributed by atoms with Crippen LogP contribution in [-0.4, -0.2) is 45.2 Å². The summed E-state index contributed by atoms with van der Waals surface area (Å²) >= 11 is 0. The maximum Gasteiger partial charge on any atom is 0.251 e. The molecule has 0 radical (unpaired) electrons. The molecule has 0 aromatic heterocycles. The number of rotatable bonds is 6. The van der Waals surface area contributed by atoms with E-state index in [0.717, 1.165) is 5.56 Å². The molecule has 2 rings (SSSR count). The van der Waals surface area contributed by atoms with Crippen LogP contribution in [0.2, 0.25) is 0 Å². The zero-order valence-electron chi connectivity index (χ0n) is 12.3. The number of carbonyl (C=O) groups excluding carboxylic acids is 2. The predicted octanol–water partition coefficient (Wildman–Crippen LogP) is 0.424. The monoisotopic (exact) mass is 292 g/mol. The Morgan fingerprint density at radius 1 is 1.24 bits per heavy atom. The summed E-state index contributed by atoms with van der Waals surface area (Å²) in [6, 6.07) is 7.16. The van der Waals surface area contributed by atoms with Gasteiger partial charge in [-0.1, -0.05) is 12.1 Å². The lowest BCUT2D eigenvalue weighted by Gasteiger charge is -2.40. The molecule has 0 unspecified atom stereocenters. The van der Waals surface area contributed by atoms with Gasteiger partial charge in [0.05, 0.1) is 19.8 Å². The first kappa shape index (κ1) is 15.5. The van der Waals surface area contributed by atoms with Gasteiger partial charge in [0.2, 0.25) is 5.91 Å². The van der Waals surface area contributed by atoms with Gasteiger partial charge in [-0.3, -0.25) is 9.59 Å². The Hall–Kier alpha value is -1.92. The van der Waals surface area contributed by atoms with Crippen molar-refractivity contribution in [3.63, 3.8) is 0 Å². The van der Waals surface area contributed by atoms with E-state index in [-0.39, 0.29) is 18.4 Å². The smallest absolute Gasteiger partial charge is 0.251 e. The molecule has 1 aromatic carbocycles. The van der Waals surface area contributed by atoms with E-state index in [4.69, 9.17) is 9.47 Å². The largest absolute Gasteiger partial charge is 0.375 e. The maximum absolute atomic E-state index is 11.9. The van der Waals surface area contributed by atoms with Gasteiger partial charge in [0.1, 0.15) is 5.60 Å². The summed E-state index contributed by atoms with van der Waals surface area (Å²) in [5.74, 6) is -0.475. The number of benzene rings is 1. The lowest BCUT2D eigenvalue weighted by Crippen LogP contribution is -2.48. The Balaban J connectivity index is 1.95. The molecule has 114 valence electrons. The molecule has 0 bridgehead atoms. The molecule has 1 aliphatic rings. The first-order valence-corrected chi connectivity index (χ1v) is 6.89. The highest BCUT2D eigenvalue weighted by atomic mass is 16.6. The van der Waals surface area contributed by atoms with Crippen LogP contribution >= 0.6 is 0 Å². The number of ether oxygens (including phenoxy) is 2. The Kier molecular flexibility index (Phi) is 4.93. The van der Waals surface area contributed by atoms with Crippen LogP contribution in [0.3, 0.4) is 0 Å². The zero-order chi connectivity index (χ0) is 15.3. The molecule has 0 spiro atoms. The van der Waals surface area contributed by atoms with Gasteiger partial charge < -0.3 is 20.1 Å². The van der Waals surface area contributed by atoms with Crippen molar-refractivity contribution >= 4 is 11.8 Å². The molecular formula is C15H20N2O4. The van der Waals surface area contributed by atoms with E-state index >= 15 is 0 Å². The molecule has 1 fully saturated rings. The summed E-state index contributed by atoms with van der Waals surface area (Å²) in [5, 5.41) is 5.20. The minimum Gasteiger partial charge on any atom is -0.375 e. The number of hydrogen-bond acceptors (Lipinski definition) is 4. The van der Waals surface area contributed by atoms with Gasteiger partial charge in [0.25, 0.3) is 5.91 Å². The molecule has 0 aliphatic carbocycles. The summed E-state index contributed by atoms with van der Waals surface area (Å²) in [4.78, 5) is 23.2. The average molecular weight is 292 g/mol. The third kappa shape index (κ3) is 3.40. The van der Waals surface area contributed by atoms with Gasteiger partial charge in [-0.05, 0) is 24.6 Å². The number of likely N-dealkylation sites (N-methyl/N-ethyl adjacent to an activating group) is 1. The fraction of sp³-hybridized carbons (Fsp3) is 0.467. The van der Waals surface area contributed by atoms with Crippen LogP contribution in [0.25, 0.3) is 0 Å². The Labute approximate surface area is 123 Å². The fourth-order valence-electron chi connectivity index (χ4n) is 2.14. The summed E-state index contributed by atoms with van der Waals surface area (Å²) < 4.78 is 10.7. The number of carbonyl (C=O) groups is 2. The molecule has 6 nitrogen and oxygen atoms in total. The highest BCUT2D eigenvalue weighted by Gasteiger charge is 2.40. The minimum atomic E-state index is -0.393. The second-order valence-corrected chi connectivity index (χ2v) is 4.90. The average Bonchev–Trinajstić information content (AvgIpc) is 2.45. The van der Waals surface area contributed by atoms with E-state index in [0.29, 0.717) is 25.3 Å². The van der Waals surface area contributed by atoms with Crippen LogP contribution in [0.1, 0.15) is 22.8 Å². The Morgan fingerprint density at radius 2 is 1.90 bits per heavy atom. The number of nitrogens with one attached hydrogen (secondary N) is 2. The maximum atomic E-state index is 11.9. The summed E-state index contributed by atoms with van der Waals surface area (Å²) in [5.41, 5.74) is 1.10. The molecule has 1 aromatic rings. The molecule has 6 heteroatoms. The van der Waals surface area contributed by atoms with Gasteiger partial charge in [-0.2, -0.15) is 0 Å². The molecule has 1 heterocycles. The van der Waals surface area contributed by atoms with Crippen LogP contribution in [0.4, 0.5) is 0 Å². The molecule has 1 saturated heterocycles. The van der Waals surface area contributed by atoms with Gasteiger partial charge in [0.15, 0.2) is 0 Å². The van der Waals surface area contributed by atoms with E-state index in [1.165, 1.54) is 0 Å². The van der Waals surface area contributed by atoms with Crippen molar-refractivity contribution in [2.45, 2.75) is 12.5 Å². The minimum absolute atomic E-state index is 0.0235. The fourth-order valence-corrected chi connectivity index (χ4v) is 2.14. The molecule has 2 amide bonds. The second-order valence-electron chi connectivity index (χ2n) is 4.90. The Bertz CT molecular complexity index is 503. The second kappa shape index (κ2) is 6.69. The van der Waals surface area contributed by atoms with E-state index in [9.17, 15) is 9.59 Å². The quantitative estimate of drug-likeness (QED) is 0.797. The lowest BCUT2D eigenvalue weighted by atomic mass is 9.91. The van der Waals surface area contributed by atoms with Gasteiger partial charge in [-0.15, -0.1) is 0 Å². The van der Waals surface area contributed by atoms with Crippen molar-refractivity contribution in [2.75, 3.05) is 33.4 Å². The van der Waals surface area contributed by atoms with E-state index in [1.54, 1.807) is 19.2 Å². The first-order valence-electron chi connectivity index (χ1n) is 6.89. The molecule has 1 aliphatic heterocycles. The lowest BCUT2D eigenvalue weighted by molar-refractivity contribution is -0.202. The number of hydrogen-bond donors (Lipinski definition) is 2. The van der Waals surface area contributed by atoms with E-state index in [1.807, 2.05) is 19.1 Å². The topological polar surface area (TPSA) is 76.7 Å². The van der Waals surface area contributed by atoms with Crippen LogP contribution in [0, 0.1) is 0 Å². The first-order chi connectivity index (χ1) is 10.1. The van der Waals surface area contributed by atoms with Crippen molar-refractivity contribution in [1.82, 2.24) is 10.6 Å². The van der Waals surface area contributed by atoms with Crippen molar-refractivity contribution < 1.29 is 19.1 Å². The van der Waals surface area contributed by atoms with Gasteiger partial charge >= 0.3 is 0 Å². The standard InChI is InChI=1S/C15H20N2O4/c1-3-16-13(18)8-17-14(19)11-4-6-12(7-5-11)15(20-2)9-21-10-15/h4-7H,3,8-10H2,1-2H3,(H,16,18)(H,17,19). The SMILES string of the molecule is CCNC(=O)CNC(=O)c1ccc(C2(OC)COC2)cc1. The number of methoxy groups -OCH3 is 1. The van der Waals surface area contributed by atoms with Crippen molar-refractivity contribution in [3.05, 3.63) is 35.4 Å². The summed E-state index contributed by atoms with van der Waals surface area (Å²) in [7, 11) is 1.65. The van der Waals surface area contributed by atoms with Crippen LogP contribution in [0.5, 0.6) is 0 Å². The molecule has 21 heavy (non-hydrogen) atoms. The molecule has 0 saturated carbocycles. The third-order valence-electron chi connectivity index (χ3n) is 3.52. The van der Waals surface area contributed by atoms with E-state index < -0.39 is 5.60 Å². The number of amides is 2. The van der Waals surface area contributed by atoms with Crippen molar-refractivity contribution in [1.29, 1.82) is 0 Å². The Morgan fingerprint density at radius 3 is 2.38 bits per heavy atom. The molecule has 0 atom stereocenters. The summed E-state index contributed by atoms with van der Waals surface area (Å²) in [6.45, 7) is 3.39. The third-order valence-corrected chi connectivity index (χ3v) is 3.52. The zero-order valence-corrected chi connectivity index (χ0v) is 12.3. The highest BCUT2D eigenvalue weighted by molar-refractivity contribution is 5.96. The van der Waals surface area contributed by atoms with Gasteiger partial charge in [-0.25, -0.2) is 0 Å². The predicted molar refractivity (Wildman–Crippen MR) is 77.0 cm³/mol. The normalized spacial score (nSPS) is 15.9. The molecule has 2 N–H and O–H groups in total. The van der Waals surface area contributed by atoms with E-state index in [2.05, 4.69) is 10.6 Å². The highest BCUT2D eigenvalue weighted by Crippen LogP contribution is 2.32.